The van der Waals surface area contributed by atoms with Gasteiger partial charge in [-0.2, -0.15) is 0 Å². The third-order valence-corrected chi connectivity index (χ3v) is 7.50. The van der Waals surface area contributed by atoms with Crippen LogP contribution >= 0.6 is 23.2 Å². The van der Waals surface area contributed by atoms with Crippen LogP contribution in [0.15, 0.2) is 54.7 Å². The van der Waals surface area contributed by atoms with Gasteiger partial charge in [0.25, 0.3) is 0 Å². The Bertz CT molecular complexity index is 1290. The Balaban J connectivity index is 1.80. The third kappa shape index (κ3) is 4.90. The number of halogens is 2. The summed E-state index contributed by atoms with van der Waals surface area (Å²) in [7, 11) is 3.30. The summed E-state index contributed by atoms with van der Waals surface area (Å²) in [6.45, 7) is 6.20. The number of aliphatic hydroxyl groups is 1. The van der Waals surface area contributed by atoms with Crippen molar-refractivity contribution in [3.8, 4) is 16.9 Å². The van der Waals surface area contributed by atoms with Crippen molar-refractivity contribution in [2.24, 2.45) is 0 Å². The number of pyridine rings is 1. The van der Waals surface area contributed by atoms with E-state index < -0.39 is 11.1 Å². The Morgan fingerprint density at radius 2 is 1.89 bits per heavy atom. The minimum absolute atomic E-state index is 0.150. The highest BCUT2D eigenvalue weighted by atomic mass is 35.5. The predicted molar refractivity (Wildman–Crippen MR) is 146 cm³/mol. The monoisotopic (exact) mass is 527 g/mol. The average molecular weight is 528 g/mol. The normalized spacial score (nSPS) is 17.8. The number of anilines is 2. The molecule has 0 saturated carbocycles. The zero-order chi connectivity index (χ0) is 26.3. The van der Waals surface area contributed by atoms with E-state index in [9.17, 15) is 9.90 Å². The fourth-order valence-corrected chi connectivity index (χ4v) is 5.21. The Kier molecular flexibility index (Phi) is 7.24. The third-order valence-electron chi connectivity index (χ3n) is 6.95. The molecule has 1 saturated heterocycles. The lowest BCUT2D eigenvalue weighted by Gasteiger charge is -2.33. The number of amides is 1. The molecule has 1 aliphatic rings. The number of methoxy groups -OCH3 is 1. The lowest BCUT2D eigenvalue weighted by Crippen LogP contribution is -2.42. The van der Waals surface area contributed by atoms with Gasteiger partial charge in [-0.1, -0.05) is 41.4 Å². The van der Waals surface area contributed by atoms with Crippen molar-refractivity contribution in [1.29, 1.82) is 0 Å². The molecule has 0 bridgehead atoms. The van der Waals surface area contributed by atoms with Crippen molar-refractivity contribution in [3.63, 3.8) is 0 Å². The molecular formula is C28H31Cl2N3O3. The lowest BCUT2D eigenvalue weighted by atomic mass is 9.83. The Morgan fingerprint density at radius 3 is 2.53 bits per heavy atom. The number of aromatic nitrogens is 1. The van der Waals surface area contributed by atoms with Crippen LogP contribution in [0, 0.1) is 0 Å². The summed E-state index contributed by atoms with van der Waals surface area (Å²) < 4.78 is 5.37. The largest absolute Gasteiger partial charge is 0.497 e. The number of rotatable bonds is 6. The van der Waals surface area contributed by atoms with Crippen LogP contribution in [0.4, 0.5) is 11.5 Å². The van der Waals surface area contributed by atoms with Crippen LogP contribution in [0.3, 0.4) is 0 Å². The Hall–Kier alpha value is -2.80. The molecule has 1 aromatic heterocycles. The Morgan fingerprint density at radius 1 is 1.17 bits per heavy atom. The van der Waals surface area contributed by atoms with Crippen LogP contribution < -0.4 is 14.5 Å². The van der Waals surface area contributed by atoms with Crippen LogP contribution in [-0.2, 0) is 10.2 Å². The number of likely N-dealkylation sites (N-methyl/N-ethyl adjacent to an activating group) is 1. The molecule has 1 atom stereocenters. The van der Waals surface area contributed by atoms with Gasteiger partial charge in [-0.05, 0) is 69.5 Å². The number of carbonyl (C=O) groups excluding carboxylic acids is 1. The molecule has 0 unspecified atom stereocenters. The van der Waals surface area contributed by atoms with Gasteiger partial charge in [0.15, 0.2) is 0 Å². The van der Waals surface area contributed by atoms with Gasteiger partial charge >= 0.3 is 0 Å². The molecule has 0 aliphatic carbocycles. The number of ether oxygens (including phenoxy) is 1. The molecule has 1 N–H and O–H groups in total. The lowest BCUT2D eigenvalue weighted by molar-refractivity contribution is -0.122. The summed E-state index contributed by atoms with van der Waals surface area (Å²) in [5.74, 6) is 1.07. The SMILES string of the molecule is COc1cc(Cl)cc(C(C)(C)C(=O)N(C)c2cnc(N3CCC[C@]3(C)O)cc2-c2ccccc2Cl)c1. The summed E-state index contributed by atoms with van der Waals surface area (Å²) in [5, 5.41) is 11.9. The number of carbonyl (C=O) groups is 1. The topological polar surface area (TPSA) is 65.9 Å². The van der Waals surface area contributed by atoms with Crippen molar-refractivity contribution < 1.29 is 14.6 Å². The smallest absolute Gasteiger partial charge is 0.236 e. The first-order valence-electron chi connectivity index (χ1n) is 11.8. The number of hydrogen-bond acceptors (Lipinski definition) is 5. The van der Waals surface area contributed by atoms with Gasteiger partial charge < -0.3 is 19.6 Å². The van der Waals surface area contributed by atoms with Crippen LogP contribution in [0.2, 0.25) is 10.0 Å². The molecule has 6 nitrogen and oxygen atoms in total. The van der Waals surface area contributed by atoms with E-state index in [0.717, 1.165) is 23.1 Å². The standard InChI is InChI=1S/C28H31Cl2N3O3/c1-27(2,18-13-19(29)15-20(14-18)36-5)26(34)32(4)24-17-31-25(33-12-8-11-28(33,3)35)16-22(24)21-9-6-7-10-23(21)30/h6-7,9-10,13-17,35H,8,11-12H2,1-5H3/t28-/m0/s1. The number of hydrogen-bond donors (Lipinski definition) is 1. The van der Waals surface area contributed by atoms with E-state index >= 15 is 0 Å². The summed E-state index contributed by atoms with van der Waals surface area (Å²) in [4.78, 5) is 22.1. The van der Waals surface area contributed by atoms with Gasteiger partial charge in [-0.15, -0.1) is 0 Å². The van der Waals surface area contributed by atoms with E-state index in [1.54, 1.807) is 44.3 Å². The van der Waals surface area contributed by atoms with Gasteiger partial charge in [-0.3, -0.25) is 4.79 Å². The molecule has 0 radical (unpaired) electrons. The fraction of sp³-hybridized carbons (Fsp3) is 0.357. The molecule has 2 heterocycles. The maximum atomic E-state index is 13.9. The molecule has 2 aromatic carbocycles. The Labute approximate surface area is 222 Å². The molecule has 1 amide bonds. The van der Waals surface area contributed by atoms with Crippen molar-refractivity contribution in [1.82, 2.24) is 4.98 Å². The van der Waals surface area contributed by atoms with Gasteiger partial charge in [0.2, 0.25) is 5.91 Å². The van der Waals surface area contributed by atoms with E-state index in [1.807, 2.05) is 55.1 Å². The maximum Gasteiger partial charge on any atom is 0.236 e. The van der Waals surface area contributed by atoms with Crippen LogP contribution in [0.25, 0.3) is 11.1 Å². The van der Waals surface area contributed by atoms with Gasteiger partial charge in [0.05, 0.1) is 24.4 Å². The molecule has 8 heteroatoms. The van der Waals surface area contributed by atoms with Crippen LogP contribution in [0.5, 0.6) is 5.75 Å². The molecule has 4 rings (SSSR count). The molecular weight excluding hydrogens is 497 g/mol. The van der Waals surface area contributed by atoms with Gasteiger partial charge in [0.1, 0.15) is 17.3 Å². The van der Waals surface area contributed by atoms with Crippen molar-refractivity contribution in [2.75, 3.05) is 30.5 Å². The van der Waals surface area contributed by atoms with Crippen molar-refractivity contribution in [3.05, 3.63) is 70.3 Å². The fourth-order valence-electron chi connectivity index (χ4n) is 4.75. The maximum absolute atomic E-state index is 13.9. The summed E-state index contributed by atoms with van der Waals surface area (Å²) >= 11 is 12.9. The molecule has 1 fully saturated rings. The molecule has 1 aliphatic heterocycles. The van der Waals surface area contributed by atoms with Crippen molar-refractivity contribution in [2.45, 2.75) is 44.8 Å². The van der Waals surface area contributed by atoms with E-state index in [-0.39, 0.29) is 5.91 Å². The average Bonchev–Trinajstić information content (AvgIpc) is 3.21. The van der Waals surface area contributed by atoms with Crippen LogP contribution in [0.1, 0.15) is 39.2 Å². The minimum Gasteiger partial charge on any atom is -0.497 e. The molecule has 36 heavy (non-hydrogen) atoms. The second-order valence-corrected chi connectivity index (χ2v) is 10.7. The minimum atomic E-state index is -0.985. The first-order chi connectivity index (χ1) is 17.0. The van der Waals surface area contributed by atoms with Gasteiger partial charge in [0, 0.05) is 34.8 Å². The highest BCUT2D eigenvalue weighted by Crippen LogP contribution is 2.41. The predicted octanol–water partition coefficient (Wildman–Crippen LogP) is 6.31. The summed E-state index contributed by atoms with van der Waals surface area (Å²) in [6.07, 6.45) is 3.20. The zero-order valence-electron chi connectivity index (χ0n) is 21.2. The molecule has 3 aromatic rings. The van der Waals surface area contributed by atoms with E-state index in [0.29, 0.717) is 40.3 Å². The summed E-state index contributed by atoms with van der Waals surface area (Å²) in [5.41, 5.74) is 0.976. The van der Waals surface area contributed by atoms with E-state index in [4.69, 9.17) is 27.9 Å². The number of benzene rings is 2. The zero-order valence-corrected chi connectivity index (χ0v) is 22.7. The second kappa shape index (κ2) is 9.92. The highest BCUT2D eigenvalue weighted by Gasteiger charge is 2.37. The van der Waals surface area contributed by atoms with Crippen molar-refractivity contribution >= 4 is 40.6 Å². The summed E-state index contributed by atoms with van der Waals surface area (Å²) in [6, 6.07) is 14.7. The van der Waals surface area contributed by atoms with Gasteiger partial charge in [-0.25, -0.2) is 4.98 Å². The second-order valence-electron chi connectivity index (χ2n) is 9.88. The van der Waals surface area contributed by atoms with E-state index in [1.165, 1.54) is 0 Å². The molecule has 190 valence electrons. The number of nitrogens with zero attached hydrogens (tertiary/aromatic N) is 3. The van der Waals surface area contributed by atoms with E-state index in [2.05, 4.69) is 4.98 Å². The first-order valence-corrected chi connectivity index (χ1v) is 12.6. The quantitative estimate of drug-likeness (QED) is 0.406. The highest BCUT2D eigenvalue weighted by molar-refractivity contribution is 6.33. The van der Waals surface area contributed by atoms with Crippen LogP contribution in [-0.4, -0.2) is 42.4 Å². The molecule has 0 spiro atoms. The first kappa shape index (κ1) is 26.3.